The lowest BCUT2D eigenvalue weighted by molar-refractivity contribution is -0.148. The van der Waals surface area contributed by atoms with Gasteiger partial charge in [0, 0.05) is 19.7 Å². The topological polar surface area (TPSA) is 56.8 Å². The Morgan fingerprint density at radius 1 is 1.41 bits per heavy atom. The molecule has 1 aliphatic rings. The zero-order chi connectivity index (χ0) is 12.5. The van der Waals surface area contributed by atoms with E-state index in [9.17, 15) is 4.79 Å². The van der Waals surface area contributed by atoms with Crippen molar-refractivity contribution in [3.05, 3.63) is 0 Å². The van der Waals surface area contributed by atoms with Crippen molar-refractivity contribution in [1.29, 1.82) is 0 Å². The third-order valence-electron chi connectivity index (χ3n) is 2.92. The van der Waals surface area contributed by atoms with E-state index < -0.39 is 0 Å². The molecule has 17 heavy (non-hydrogen) atoms. The summed E-state index contributed by atoms with van der Waals surface area (Å²) in [6, 6.07) is 0.520. The molecule has 5 nitrogen and oxygen atoms in total. The Morgan fingerprint density at radius 2 is 2.24 bits per heavy atom. The summed E-state index contributed by atoms with van der Waals surface area (Å²) in [7, 11) is 1.76. The molecule has 0 aromatic rings. The first-order chi connectivity index (χ1) is 8.26. The maximum absolute atomic E-state index is 11.0. The second kappa shape index (κ2) is 8.44. The summed E-state index contributed by atoms with van der Waals surface area (Å²) < 4.78 is 15.2. The molecule has 0 bridgehead atoms. The maximum atomic E-state index is 11.0. The van der Waals surface area contributed by atoms with Crippen molar-refractivity contribution < 1.29 is 19.0 Å². The zero-order valence-corrected chi connectivity index (χ0v) is 10.7. The van der Waals surface area contributed by atoms with Gasteiger partial charge in [-0.15, -0.1) is 0 Å². The van der Waals surface area contributed by atoms with E-state index >= 15 is 0 Å². The lowest BCUT2D eigenvalue weighted by atomic mass is 10.2. The van der Waals surface area contributed by atoms with Gasteiger partial charge in [0.2, 0.25) is 0 Å². The Balaban J connectivity index is 1.92. The molecule has 0 radical (unpaired) electrons. The van der Waals surface area contributed by atoms with Gasteiger partial charge in [-0.25, -0.2) is 4.79 Å². The van der Waals surface area contributed by atoms with Crippen molar-refractivity contribution in [3.63, 3.8) is 0 Å². The lowest BCUT2D eigenvalue weighted by Crippen LogP contribution is -2.31. The summed E-state index contributed by atoms with van der Waals surface area (Å²) in [5, 5.41) is 3.39. The van der Waals surface area contributed by atoms with E-state index in [2.05, 4.69) is 5.32 Å². The third kappa shape index (κ3) is 6.00. The van der Waals surface area contributed by atoms with Crippen LogP contribution in [0.5, 0.6) is 0 Å². The molecule has 0 aliphatic heterocycles. The second-order valence-electron chi connectivity index (χ2n) is 4.18. The highest BCUT2D eigenvalue weighted by atomic mass is 16.6. The number of methoxy groups -OCH3 is 1. The van der Waals surface area contributed by atoms with Crippen molar-refractivity contribution >= 4 is 5.97 Å². The standard InChI is InChI=1S/C12H23NO4/c1-3-17-12(14)9-16-7-6-13-10-4-5-11(8-10)15-2/h10-11,13H,3-9H2,1-2H3. The highest BCUT2D eigenvalue weighted by Crippen LogP contribution is 2.20. The second-order valence-corrected chi connectivity index (χ2v) is 4.18. The third-order valence-corrected chi connectivity index (χ3v) is 2.92. The van der Waals surface area contributed by atoms with E-state index in [1.165, 1.54) is 0 Å². The molecule has 1 rings (SSSR count). The van der Waals surface area contributed by atoms with Crippen LogP contribution >= 0.6 is 0 Å². The fourth-order valence-corrected chi connectivity index (χ4v) is 2.03. The van der Waals surface area contributed by atoms with Gasteiger partial charge in [0.25, 0.3) is 0 Å². The van der Waals surface area contributed by atoms with Crippen LogP contribution in [0.3, 0.4) is 0 Å². The van der Waals surface area contributed by atoms with Crippen molar-refractivity contribution in [3.8, 4) is 0 Å². The van der Waals surface area contributed by atoms with E-state index in [0.29, 0.717) is 25.4 Å². The highest BCUT2D eigenvalue weighted by Gasteiger charge is 2.23. The average Bonchev–Trinajstić information content (AvgIpc) is 2.77. The van der Waals surface area contributed by atoms with Crippen LogP contribution in [0, 0.1) is 0 Å². The molecule has 0 aromatic heterocycles. The molecule has 0 aromatic carbocycles. The predicted octanol–water partition coefficient (Wildman–Crippen LogP) is 0.723. The molecular formula is C12H23NO4. The van der Waals surface area contributed by atoms with Gasteiger partial charge in [-0.3, -0.25) is 0 Å². The van der Waals surface area contributed by atoms with Gasteiger partial charge in [0.1, 0.15) is 6.61 Å². The Morgan fingerprint density at radius 3 is 2.88 bits per heavy atom. The Bertz CT molecular complexity index is 223. The van der Waals surface area contributed by atoms with Gasteiger partial charge in [-0.2, -0.15) is 0 Å². The number of hydrogen-bond donors (Lipinski definition) is 1. The average molecular weight is 245 g/mol. The summed E-state index contributed by atoms with van der Waals surface area (Å²) in [5.41, 5.74) is 0. The first kappa shape index (κ1) is 14.4. The predicted molar refractivity (Wildman–Crippen MR) is 63.9 cm³/mol. The van der Waals surface area contributed by atoms with Crippen LogP contribution in [0.25, 0.3) is 0 Å². The number of ether oxygens (including phenoxy) is 3. The van der Waals surface area contributed by atoms with Crippen LogP contribution in [-0.4, -0.2) is 51.6 Å². The van der Waals surface area contributed by atoms with Gasteiger partial charge in [0.05, 0.1) is 19.3 Å². The quantitative estimate of drug-likeness (QED) is 0.504. The molecule has 2 unspecified atom stereocenters. The van der Waals surface area contributed by atoms with Gasteiger partial charge in [0.15, 0.2) is 0 Å². The Kier molecular flexibility index (Phi) is 7.16. The van der Waals surface area contributed by atoms with E-state index in [1.54, 1.807) is 14.0 Å². The normalized spacial score (nSPS) is 23.9. The Labute approximate surface area is 103 Å². The molecule has 1 aliphatic carbocycles. The molecule has 0 saturated heterocycles. The Hall–Kier alpha value is -0.650. The van der Waals surface area contributed by atoms with Crippen molar-refractivity contribution in [2.75, 3.05) is 33.5 Å². The minimum Gasteiger partial charge on any atom is -0.464 e. The first-order valence-corrected chi connectivity index (χ1v) is 6.25. The molecule has 1 saturated carbocycles. The SMILES string of the molecule is CCOC(=O)COCCNC1CCC(OC)C1. The van der Waals surface area contributed by atoms with E-state index in [4.69, 9.17) is 14.2 Å². The van der Waals surface area contributed by atoms with Crippen LogP contribution in [-0.2, 0) is 19.0 Å². The van der Waals surface area contributed by atoms with Crippen molar-refractivity contribution in [2.24, 2.45) is 0 Å². The zero-order valence-electron chi connectivity index (χ0n) is 10.7. The number of esters is 1. The molecule has 0 heterocycles. The number of hydrogen-bond acceptors (Lipinski definition) is 5. The van der Waals surface area contributed by atoms with Gasteiger partial charge in [-0.05, 0) is 26.2 Å². The summed E-state index contributed by atoms with van der Waals surface area (Å²) >= 11 is 0. The van der Waals surface area contributed by atoms with Crippen molar-refractivity contribution in [2.45, 2.75) is 38.3 Å². The minimum atomic E-state index is -0.298. The molecule has 1 N–H and O–H groups in total. The monoisotopic (exact) mass is 245 g/mol. The molecule has 1 fully saturated rings. The van der Waals surface area contributed by atoms with E-state index in [1.807, 2.05) is 0 Å². The molecule has 0 spiro atoms. The molecule has 100 valence electrons. The smallest absolute Gasteiger partial charge is 0.332 e. The summed E-state index contributed by atoms with van der Waals surface area (Å²) in [6.07, 6.45) is 3.73. The number of nitrogens with one attached hydrogen (secondary N) is 1. The van der Waals surface area contributed by atoms with Crippen LogP contribution in [0.15, 0.2) is 0 Å². The van der Waals surface area contributed by atoms with Gasteiger partial charge >= 0.3 is 5.97 Å². The molecule has 5 heteroatoms. The highest BCUT2D eigenvalue weighted by molar-refractivity contribution is 5.70. The summed E-state index contributed by atoms with van der Waals surface area (Å²) in [4.78, 5) is 11.0. The molecule has 2 atom stereocenters. The first-order valence-electron chi connectivity index (χ1n) is 6.25. The van der Waals surface area contributed by atoms with E-state index in [0.717, 1.165) is 25.8 Å². The fraction of sp³-hybridized carbons (Fsp3) is 0.917. The van der Waals surface area contributed by atoms with Crippen LogP contribution < -0.4 is 5.32 Å². The molecular weight excluding hydrogens is 222 g/mol. The van der Waals surface area contributed by atoms with Crippen LogP contribution in [0.4, 0.5) is 0 Å². The van der Waals surface area contributed by atoms with Gasteiger partial charge in [-0.1, -0.05) is 0 Å². The molecule has 0 amide bonds. The van der Waals surface area contributed by atoms with Crippen LogP contribution in [0.1, 0.15) is 26.2 Å². The number of rotatable bonds is 8. The lowest BCUT2D eigenvalue weighted by Gasteiger charge is -2.12. The largest absolute Gasteiger partial charge is 0.464 e. The minimum absolute atomic E-state index is 0.0425. The van der Waals surface area contributed by atoms with E-state index in [-0.39, 0.29) is 12.6 Å². The van der Waals surface area contributed by atoms with Gasteiger partial charge < -0.3 is 19.5 Å². The number of carbonyl (C=O) groups is 1. The fourth-order valence-electron chi connectivity index (χ4n) is 2.03. The van der Waals surface area contributed by atoms with Crippen LogP contribution in [0.2, 0.25) is 0 Å². The summed E-state index contributed by atoms with van der Waals surface area (Å²) in [6.45, 7) is 3.53. The number of carbonyl (C=O) groups excluding carboxylic acids is 1. The van der Waals surface area contributed by atoms with Crippen molar-refractivity contribution in [1.82, 2.24) is 5.32 Å². The maximum Gasteiger partial charge on any atom is 0.332 e. The summed E-state index contributed by atoms with van der Waals surface area (Å²) in [5.74, 6) is -0.298.